The average molecular weight is 259 g/mol. The van der Waals surface area contributed by atoms with Gasteiger partial charge in [0.1, 0.15) is 0 Å². The van der Waals surface area contributed by atoms with Crippen LogP contribution in [0.25, 0.3) is 0 Å². The van der Waals surface area contributed by atoms with E-state index < -0.39 is 0 Å². The Hall–Kier alpha value is -1.07. The number of hydrogen-bond donors (Lipinski definition) is 3. The summed E-state index contributed by atoms with van der Waals surface area (Å²) in [4.78, 5) is 11.8. The molecule has 1 aromatic heterocycles. The molecule has 0 bridgehead atoms. The zero-order valence-electron chi connectivity index (χ0n) is 9.79. The predicted octanol–water partition coefficient (Wildman–Crippen LogP) is 0.789. The van der Waals surface area contributed by atoms with Crippen LogP contribution in [0.4, 0.5) is 0 Å². The zero-order chi connectivity index (χ0) is 11.4. The van der Waals surface area contributed by atoms with Crippen LogP contribution in [0, 0.1) is 0 Å². The third-order valence-electron chi connectivity index (χ3n) is 2.94. The van der Waals surface area contributed by atoms with Gasteiger partial charge in [-0.3, -0.25) is 9.89 Å². The van der Waals surface area contributed by atoms with Crippen molar-refractivity contribution in [2.45, 2.75) is 32.1 Å². The Kier molecular flexibility index (Phi) is 5.44. The van der Waals surface area contributed by atoms with Crippen LogP contribution in [0.5, 0.6) is 0 Å². The normalized spacial score (nSPS) is 13.0. The van der Waals surface area contributed by atoms with Gasteiger partial charge in [-0.05, 0) is 38.6 Å². The highest BCUT2D eigenvalue weighted by molar-refractivity contribution is 5.94. The number of nitrogens with zero attached hydrogens (tertiary/aromatic N) is 1. The number of nitrogens with two attached hydrogens (primary N) is 1. The number of amides is 1. The predicted molar refractivity (Wildman–Crippen MR) is 68.5 cm³/mol. The van der Waals surface area contributed by atoms with Crippen molar-refractivity contribution in [3.05, 3.63) is 17.0 Å². The number of nitrogens with one attached hydrogen (secondary N) is 2. The maximum atomic E-state index is 11.8. The van der Waals surface area contributed by atoms with Gasteiger partial charge < -0.3 is 11.1 Å². The Morgan fingerprint density at radius 1 is 1.41 bits per heavy atom. The van der Waals surface area contributed by atoms with E-state index in [1.807, 2.05) is 0 Å². The zero-order valence-corrected chi connectivity index (χ0v) is 10.6. The molecule has 1 aliphatic carbocycles. The van der Waals surface area contributed by atoms with Crippen molar-refractivity contribution in [1.82, 2.24) is 15.5 Å². The Bertz CT molecular complexity index is 378. The molecule has 1 aromatic rings. The Balaban J connectivity index is 0.00000144. The Labute approximate surface area is 107 Å². The summed E-state index contributed by atoms with van der Waals surface area (Å²) in [6.45, 7) is 1.35. The SMILES string of the molecule is Cl.NCCCCNC(=O)c1n[nH]c2c1CCC2. The number of rotatable bonds is 5. The van der Waals surface area contributed by atoms with Crippen molar-refractivity contribution in [2.24, 2.45) is 5.73 Å². The van der Waals surface area contributed by atoms with Gasteiger partial charge in [0.25, 0.3) is 5.91 Å². The van der Waals surface area contributed by atoms with Gasteiger partial charge in [0, 0.05) is 17.8 Å². The summed E-state index contributed by atoms with van der Waals surface area (Å²) in [7, 11) is 0. The molecule has 2 rings (SSSR count). The molecule has 0 saturated carbocycles. The number of carbonyl (C=O) groups excluding carboxylic acids is 1. The molecular weight excluding hydrogens is 240 g/mol. The van der Waals surface area contributed by atoms with Gasteiger partial charge >= 0.3 is 0 Å². The van der Waals surface area contributed by atoms with Crippen molar-refractivity contribution in [3.8, 4) is 0 Å². The van der Waals surface area contributed by atoms with Gasteiger partial charge in [0.2, 0.25) is 0 Å². The fraction of sp³-hybridized carbons (Fsp3) is 0.636. The standard InChI is InChI=1S/C11H18N4O.ClH/c12-6-1-2-7-13-11(16)10-8-4-3-5-9(8)14-15-10;/h1-7,12H2,(H,13,16)(H,14,15);1H. The van der Waals surface area contributed by atoms with Crippen LogP contribution in [-0.2, 0) is 12.8 Å². The van der Waals surface area contributed by atoms with Crippen molar-refractivity contribution >= 4 is 18.3 Å². The van der Waals surface area contributed by atoms with E-state index in [9.17, 15) is 4.79 Å². The van der Waals surface area contributed by atoms with Crippen LogP contribution < -0.4 is 11.1 Å². The molecular formula is C11H19ClN4O. The molecule has 1 amide bonds. The molecule has 4 N–H and O–H groups in total. The fourth-order valence-corrected chi connectivity index (χ4v) is 2.06. The van der Waals surface area contributed by atoms with E-state index in [1.165, 1.54) is 0 Å². The molecule has 0 aromatic carbocycles. The monoisotopic (exact) mass is 258 g/mol. The summed E-state index contributed by atoms with van der Waals surface area (Å²) in [6, 6.07) is 0. The van der Waals surface area contributed by atoms with Gasteiger partial charge in [0.05, 0.1) is 0 Å². The molecule has 0 atom stereocenters. The minimum Gasteiger partial charge on any atom is -0.351 e. The number of carbonyl (C=O) groups is 1. The molecule has 0 spiro atoms. The number of halogens is 1. The van der Waals surface area contributed by atoms with Crippen molar-refractivity contribution in [3.63, 3.8) is 0 Å². The molecule has 1 aliphatic rings. The second-order valence-electron chi connectivity index (χ2n) is 4.13. The smallest absolute Gasteiger partial charge is 0.272 e. The van der Waals surface area contributed by atoms with E-state index in [0.29, 0.717) is 18.8 Å². The first kappa shape index (κ1) is 14.0. The molecule has 17 heavy (non-hydrogen) atoms. The summed E-state index contributed by atoms with van der Waals surface area (Å²) in [5.74, 6) is -0.0589. The summed E-state index contributed by atoms with van der Waals surface area (Å²) in [6.07, 6.45) is 4.98. The molecule has 6 heteroatoms. The van der Waals surface area contributed by atoms with Crippen molar-refractivity contribution in [1.29, 1.82) is 0 Å². The number of aryl methyl sites for hydroxylation is 1. The topological polar surface area (TPSA) is 83.8 Å². The number of aromatic amines is 1. The third kappa shape index (κ3) is 3.20. The molecule has 0 saturated heterocycles. The van der Waals surface area contributed by atoms with Gasteiger partial charge in [-0.2, -0.15) is 5.10 Å². The van der Waals surface area contributed by atoms with Gasteiger partial charge in [-0.1, -0.05) is 0 Å². The van der Waals surface area contributed by atoms with Crippen molar-refractivity contribution < 1.29 is 4.79 Å². The minimum absolute atomic E-state index is 0. The Morgan fingerprint density at radius 3 is 3.00 bits per heavy atom. The van der Waals surface area contributed by atoms with Crippen LogP contribution in [0.2, 0.25) is 0 Å². The van der Waals surface area contributed by atoms with E-state index in [4.69, 9.17) is 5.73 Å². The average Bonchev–Trinajstić information content (AvgIpc) is 2.85. The first-order chi connectivity index (χ1) is 7.83. The van der Waals surface area contributed by atoms with Crippen LogP contribution in [0.3, 0.4) is 0 Å². The second-order valence-corrected chi connectivity index (χ2v) is 4.13. The lowest BCUT2D eigenvalue weighted by Gasteiger charge is -2.03. The lowest BCUT2D eigenvalue weighted by molar-refractivity contribution is 0.0947. The first-order valence-corrected chi connectivity index (χ1v) is 5.87. The van der Waals surface area contributed by atoms with Crippen LogP contribution in [-0.4, -0.2) is 29.2 Å². The van der Waals surface area contributed by atoms with Gasteiger partial charge in [-0.25, -0.2) is 0 Å². The summed E-state index contributed by atoms with van der Waals surface area (Å²) < 4.78 is 0. The molecule has 0 fully saturated rings. The number of unbranched alkanes of at least 4 members (excludes halogenated alkanes) is 1. The van der Waals surface area contributed by atoms with Gasteiger partial charge in [0.15, 0.2) is 5.69 Å². The molecule has 0 aliphatic heterocycles. The lowest BCUT2D eigenvalue weighted by atomic mass is 10.2. The minimum atomic E-state index is -0.0589. The highest BCUT2D eigenvalue weighted by Crippen LogP contribution is 2.22. The number of fused-ring (bicyclic) bond motifs is 1. The lowest BCUT2D eigenvalue weighted by Crippen LogP contribution is -2.26. The highest BCUT2D eigenvalue weighted by atomic mass is 35.5. The number of H-pyrrole nitrogens is 1. The summed E-state index contributed by atoms with van der Waals surface area (Å²) >= 11 is 0. The first-order valence-electron chi connectivity index (χ1n) is 5.87. The van der Waals surface area contributed by atoms with Crippen molar-refractivity contribution in [2.75, 3.05) is 13.1 Å². The third-order valence-corrected chi connectivity index (χ3v) is 2.94. The largest absolute Gasteiger partial charge is 0.351 e. The summed E-state index contributed by atoms with van der Waals surface area (Å²) in [5.41, 5.74) is 8.21. The van der Waals surface area contributed by atoms with Crippen LogP contribution in [0.15, 0.2) is 0 Å². The highest BCUT2D eigenvalue weighted by Gasteiger charge is 2.22. The van der Waals surface area contributed by atoms with Gasteiger partial charge in [-0.15, -0.1) is 12.4 Å². The second kappa shape index (κ2) is 6.61. The Morgan fingerprint density at radius 2 is 2.24 bits per heavy atom. The maximum absolute atomic E-state index is 11.8. The number of hydrogen-bond acceptors (Lipinski definition) is 3. The molecule has 5 nitrogen and oxygen atoms in total. The molecule has 96 valence electrons. The van der Waals surface area contributed by atoms with E-state index in [-0.39, 0.29) is 18.3 Å². The molecule has 0 radical (unpaired) electrons. The van der Waals surface area contributed by atoms with Crippen LogP contribution >= 0.6 is 12.4 Å². The van der Waals surface area contributed by atoms with E-state index in [0.717, 1.165) is 43.4 Å². The number of aromatic nitrogens is 2. The molecule has 0 unspecified atom stereocenters. The summed E-state index contributed by atoms with van der Waals surface area (Å²) in [5, 5.41) is 9.89. The molecule has 1 heterocycles. The van der Waals surface area contributed by atoms with E-state index >= 15 is 0 Å². The van der Waals surface area contributed by atoms with Crippen LogP contribution in [0.1, 0.15) is 41.0 Å². The maximum Gasteiger partial charge on any atom is 0.272 e. The van der Waals surface area contributed by atoms with E-state index in [2.05, 4.69) is 15.5 Å². The van der Waals surface area contributed by atoms with E-state index in [1.54, 1.807) is 0 Å². The fourth-order valence-electron chi connectivity index (χ4n) is 2.06. The quantitative estimate of drug-likeness (QED) is 0.683.